The minimum Gasteiger partial charge on any atom is -0.476 e. The fourth-order valence-corrected chi connectivity index (χ4v) is 1.72. The van der Waals surface area contributed by atoms with Crippen LogP contribution in [0, 0.1) is 0 Å². The summed E-state index contributed by atoms with van der Waals surface area (Å²) in [5, 5.41) is 8.86. The molecule has 0 bridgehead atoms. The van der Waals surface area contributed by atoms with E-state index in [2.05, 4.69) is 4.98 Å². The summed E-state index contributed by atoms with van der Waals surface area (Å²) >= 11 is 0. The van der Waals surface area contributed by atoms with Crippen LogP contribution >= 0.6 is 0 Å². The second-order valence-corrected chi connectivity index (χ2v) is 4.19. The van der Waals surface area contributed by atoms with Crippen molar-refractivity contribution in [1.82, 2.24) is 9.97 Å². The van der Waals surface area contributed by atoms with E-state index in [1.54, 1.807) is 4.98 Å². The average molecular weight is 324 g/mol. The van der Waals surface area contributed by atoms with Crippen molar-refractivity contribution in [3.63, 3.8) is 0 Å². The molecule has 0 saturated carbocycles. The Morgan fingerprint density at radius 3 is 2.23 bits per heavy atom. The van der Waals surface area contributed by atoms with E-state index < -0.39 is 41.1 Å². The summed E-state index contributed by atoms with van der Waals surface area (Å²) in [6, 6.07) is 3.26. The zero-order valence-electron chi connectivity index (χ0n) is 10.4. The number of H-pyrrole nitrogens is 1. The molecule has 1 aromatic carbocycles. The first-order valence-corrected chi connectivity index (χ1v) is 5.58. The number of rotatable bonds is 2. The molecule has 0 saturated heterocycles. The lowest BCUT2D eigenvalue weighted by Gasteiger charge is -2.08. The van der Waals surface area contributed by atoms with Crippen LogP contribution in [-0.4, -0.2) is 21.0 Å². The highest BCUT2D eigenvalue weighted by Gasteiger charge is 2.37. The molecule has 0 spiro atoms. The van der Waals surface area contributed by atoms with Crippen molar-refractivity contribution < 1.29 is 36.2 Å². The van der Waals surface area contributed by atoms with Gasteiger partial charge in [0.05, 0.1) is 11.3 Å². The first-order valence-electron chi connectivity index (χ1n) is 5.58. The molecule has 0 aliphatic carbocycles. The standard InChI is InChI=1S/C12H6F6N2O2/c13-11(14,15)6-3-1-2-5(4-6)7-8(9(21)22)20-10(19-7)12(16,17)18/h1-4H,(H,19,20)(H,21,22). The van der Waals surface area contributed by atoms with E-state index >= 15 is 0 Å². The molecule has 0 fully saturated rings. The maximum Gasteiger partial charge on any atom is 0.449 e. The van der Waals surface area contributed by atoms with Gasteiger partial charge in [-0.3, -0.25) is 0 Å². The Bertz CT molecular complexity index is 717. The molecule has 2 rings (SSSR count). The van der Waals surface area contributed by atoms with Crippen LogP contribution in [0.25, 0.3) is 11.3 Å². The minimum absolute atomic E-state index is 0.366. The monoisotopic (exact) mass is 324 g/mol. The number of alkyl halides is 6. The first-order chi connectivity index (χ1) is 10.00. The smallest absolute Gasteiger partial charge is 0.449 e. The maximum atomic E-state index is 12.6. The Labute approximate surface area is 118 Å². The lowest BCUT2D eigenvalue weighted by molar-refractivity contribution is -0.144. The third-order valence-electron chi connectivity index (χ3n) is 2.65. The fourth-order valence-electron chi connectivity index (χ4n) is 1.72. The van der Waals surface area contributed by atoms with Crippen LogP contribution < -0.4 is 0 Å². The van der Waals surface area contributed by atoms with Gasteiger partial charge in [0.25, 0.3) is 0 Å². The summed E-state index contributed by atoms with van der Waals surface area (Å²) in [7, 11) is 0. The summed E-state index contributed by atoms with van der Waals surface area (Å²) in [5.41, 5.74) is -3.14. The van der Waals surface area contributed by atoms with Crippen molar-refractivity contribution in [2.24, 2.45) is 0 Å². The molecule has 1 heterocycles. The number of aromatic carboxylic acids is 1. The van der Waals surface area contributed by atoms with Crippen molar-refractivity contribution in [2.75, 3.05) is 0 Å². The fraction of sp³-hybridized carbons (Fsp3) is 0.167. The van der Waals surface area contributed by atoms with Crippen LogP contribution in [0.15, 0.2) is 24.3 Å². The number of nitrogens with one attached hydrogen (secondary N) is 1. The van der Waals surface area contributed by atoms with Gasteiger partial charge in [-0.2, -0.15) is 26.3 Å². The molecule has 118 valence electrons. The largest absolute Gasteiger partial charge is 0.476 e. The van der Waals surface area contributed by atoms with Crippen LogP contribution in [0.5, 0.6) is 0 Å². The summed E-state index contributed by atoms with van der Waals surface area (Å²) < 4.78 is 75.5. The number of carbonyl (C=O) groups is 1. The van der Waals surface area contributed by atoms with Gasteiger partial charge in [0.15, 0.2) is 5.69 Å². The van der Waals surface area contributed by atoms with Crippen LogP contribution in [0.4, 0.5) is 26.3 Å². The van der Waals surface area contributed by atoms with Gasteiger partial charge in [-0.25, -0.2) is 9.78 Å². The zero-order valence-corrected chi connectivity index (χ0v) is 10.4. The highest BCUT2D eigenvalue weighted by Crippen LogP contribution is 2.34. The molecule has 22 heavy (non-hydrogen) atoms. The number of carboxylic acids is 1. The molecule has 2 aromatic rings. The third kappa shape index (κ3) is 3.05. The molecule has 0 unspecified atom stereocenters. The second-order valence-electron chi connectivity index (χ2n) is 4.19. The number of aromatic nitrogens is 2. The zero-order chi connectivity index (χ0) is 16.7. The Balaban J connectivity index is 2.62. The summed E-state index contributed by atoms with van der Waals surface area (Å²) in [5.74, 6) is -3.39. The van der Waals surface area contributed by atoms with Gasteiger partial charge in [-0.1, -0.05) is 12.1 Å². The van der Waals surface area contributed by atoms with Crippen molar-refractivity contribution in [1.29, 1.82) is 0 Å². The molecule has 2 N–H and O–H groups in total. The van der Waals surface area contributed by atoms with E-state index in [0.29, 0.717) is 12.1 Å². The van der Waals surface area contributed by atoms with Crippen molar-refractivity contribution in [3.05, 3.63) is 41.3 Å². The predicted molar refractivity (Wildman–Crippen MR) is 61.0 cm³/mol. The van der Waals surface area contributed by atoms with E-state index in [1.165, 1.54) is 0 Å². The lowest BCUT2D eigenvalue weighted by atomic mass is 10.1. The topological polar surface area (TPSA) is 66.0 Å². The van der Waals surface area contributed by atoms with Crippen LogP contribution in [-0.2, 0) is 12.4 Å². The van der Waals surface area contributed by atoms with Crippen LogP contribution in [0.2, 0.25) is 0 Å². The maximum absolute atomic E-state index is 12.6. The van der Waals surface area contributed by atoms with Gasteiger partial charge in [0.2, 0.25) is 5.82 Å². The van der Waals surface area contributed by atoms with E-state index in [9.17, 15) is 31.1 Å². The third-order valence-corrected chi connectivity index (χ3v) is 2.65. The van der Waals surface area contributed by atoms with Gasteiger partial charge < -0.3 is 10.1 Å². The SMILES string of the molecule is O=C(O)c1nc(C(F)(F)F)[nH]c1-c1cccc(C(F)(F)F)c1. The van der Waals surface area contributed by atoms with Crippen molar-refractivity contribution >= 4 is 5.97 Å². The summed E-state index contributed by atoms with van der Waals surface area (Å²) in [6.07, 6.45) is -9.67. The Kier molecular flexibility index (Phi) is 3.63. The number of carboxylic acid groups (broad SMARTS) is 1. The van der Waals surface area contributed by atoms with Crippen LogP contribution in [0.3, 0.4) is 0 Å². The number of aromatic amines is 1. The van der Waals surface area contributed by atoms with Crippen molar-refractivity contribution in [2.45, 2.75) is 12.4 Å². The molecule has 0 aliphatic rings. The Hall–Kier alpha value is -2.52. The Morgan fingerprint density at radius 1 is 1.09 bits per heavy atom. The molecule has 0 aliphatic heterocycles. The van der Waals surface area contributed by atoms with Gasteiger partial charge in [0, 0.05) is 5.56 Å². The summed E-state index contributed by atoms with van der Waals surface area (Å²) in [4.78, 5) is 15.5. The number of hydrogen-bond donors (Lipinski definition) is 2. The molecular formula is C12H6F6N2O2. The molecule has 4 nitrogen and oxygen atoms in total. The average Bonchev–Trinajstić information content (AvgIpc) is 2.83. The van der Waals surface area contributed by atoms with E-state index in [-0.39, 0.29) is 5.56 Å². The number of benzene rings is 1. The number of imidazole rings is 1. The Morgan fingerprint density at radius 2 is 1.73 bits per heavy atom. The van der Waals surface area contributed by atoms with Gasteiger partial charge in [-0.15, -0.1) is 0 Å². The quantitative estimate of drug-likeness (QED) is 0.826. The van der Waals surface area contributed by atoms with E-state index in [0.717, 1.165) is 12.1 Å². The molecule has 0 amide bonds. The van der Waals surface area contributed by atoms with Gasteiger partial charge >= 0.3 is 18.3 Å². The molecule has 0 atom stereocenters. The number of nitrogens with zero attached hydrogens (tertiary/aromatic N) is 1. The first kappa shape index (κ1) is 15.9. The van der Waals surface area contributed by atoms with Gasteiger partial charge in [-0.05, 0) is 12.1 Å². The molecular weight excluding hydrogens is 318 g/mol. The highest BCUT2D eigenvalue weighted by atomic mass is 19.4. The number of hydrogen-bond acceptors (Lipinski definition) is 2. The predicted octanol–water partition coefficient (Wildman–Crippen LogP) is 3.81. The minimum atomic E-state index is -4.95. The van der Waals surface area contributed by atoms with Crippen LogP contribution in [0.1, 0.15) is 21.9 Å². The van der Waals surface area contributed by atoms with Gasteiger partial charge in [0.1, 0.15) is 0 Å². The highest BCUT2D eigenvalue weighted by molar-refractivity contribution is 5.93. The number of halogens is 6. The van der Waals surface area contributed by atoms with E-state index in [1.807, 2.05) is 0 Å². The summed E-state index contributed by atoms with van der Waals surface area (Å²) in [6.45, 7) is 0. The van der Waals surface area contributed by atoms with Crippen molar-refractivity contribution in [3.8, 4) is 11.3 Å². The van der Waals surface area contributed by atoms with E-state index in [4.69, 9.17) is 5.11 Å². The normalized spacial score (nSPS) is 12.5. The lowest BCUT2D eigenvalue weighted by Crippen LogP contribution is -2.08. The molecule has 1 aromatic heterocycles. The molecule has 0 radical (unpaired) electrons. The second kappa shape index (κ2) is 5.04. The molecule has 10 heteroatoms.